The molecule has 0 radical (unpaired) electrons. The summed E-state index contributed by atoms with van der Waals surface area (Å²) in [5.41, 5.74) is 1.84. The molecule has 0 N–H and O–H groups in total. The molecule has 0 unspecified atom stereocenters. The van der Waals surface area contributed by atoms with Gasteiger partial charge in [0.2, 0.25) is 5.82 Å². The summed E-state index contributed by atoms with van der Waals surface area (Å²) in [6.45, 7) is -0.158. The molecule has 3 aromatic carbocycles. The summed E-state index contributed by atoms with van der Waals surface area (Å²) in [7, 11) is 6.19. The molecule has 1 heterocycles. The first-order valence-corrected chi connectivity index (χ1v) is 10.6. The third-order valence-corrected chi connectivity index (χ3v) is 5.23. The summed E-state index contributed by atoms with van der Waals surface area (Å²) < 4.78 is 32.4. The molecule has 0 bridgehead atoms. The first-order valence-electron chi connectivity index (χ1n) is 10.6. The van der Waals surface area contributed by atoms with Crippen LogP contribution in [0.1, 0.15) is 10.4 Å². The topological polar surface area (TPSA) is 102 Å². The number of nitrogens with zero attached hydrogens (tertiary/aromatic N) is 2. The number of benzene rings is 3. The zero-order valence-corrected chi connectivity index (χ0v) is 19.7. The van der Waals surface area contributed by atoms with Gasteiger partial charge >= 0.3 is 0 Å². The van der Waals surface area contributed by atoms with E-state index in [0.717, 1.165) is 0 Å². The van der Waals surface area contributed by atoms with Gasteiger partial charge in [-0.2, -0.15) is 4.98 Å². The largest absolute Gasteiger partial charge is 0.497 e. The van der Waals surface area contributed by atoms with E-state index in [2.05, 4.69) is 10.1 Å². The molecule has 1 aromatic heterocycles. The van der Waals surface area contributed by atoms with Crippen molar-refractivity contribution in [1.29, 1.82) is 0 Å². The van der Waals surface area contributed by atoms with Crippen molar-refractivity contribution < 1.29 is 33.0 Å². The van der Waals surface area contributed by atoms with Crippen LogP contribution < -0.4 is 23.7 Å². The first-order chi connectivity index (χ1) is 17.1. The number of ketones is 1. The fraction of sp³-hybridized carbons (Fsp3) is 0.192. The van der Waals surface area contributed by atoms with E-state index in [1.54, 1.807) is 82.0 Å². The number of aromatic nitrogens is 2. The van der Waals surface area contributed by atoms with Crippen molar-refractivity contribution in [3.05, 3.63) is 66.2 Å². The van der Waals surface area contributed by atoms with E-state index < -0.39 is 0 Å². The maximum atomic E-state index is 12.5. The SMILES string of the molecule is COc1cccc(C(=O)COc2ccc(-c3noc(-c4ccc(OC)c(OC)c4)n3)cc2OC)c1. The Kier molecular flexibility index (Phi) is 7.15. The lowest BCUT2D eigenvalue weighted by Crippen LogP contribution is -2.12. The lowest BCUT2D eigenvalue weighted by Gasteiger charge is -2.11. The van der Waals surface area contributed by atoms with Gasteiger partial charge in [0.1, 0.15) is 5.75 Å². The number of rotatable bonds is 10. The molecule has 0 fully saturated rings. The van der Waals surface area contributed by atoms with E-state index in [9.17, 15) is 4.79 Å². The lowest BCUT2D eigenvalue weighted by atomic mass is 10.1. The first kappa shape index (κ1) is 23.6. The third kappa shape index (κ3) is 5.19. The van der Waals surface area contributed by atoms with Gasteiger partial charge in [-0.1, -0.05) is 17.3 Å². The van der Waals surface area contributed by atoms with Gasteiger partial charge in [0.15, 0.2) is 35.4 Å². The summed E-state index contributed by atoms with van der Waals surface area (Å²) >= 11 is 0. The Balaban J connectivity index is 1.51. The van der Waals surface area contributed by atoms with E-state index in [0.29, 0.717) is 57.2 Å². The molecule has 9 heteroatoms. The summed E-state index contributed by atoms with van der Waals surface area (Å²) in [5.74, 6) is 3.10. The quantitative estimate of drug-likeness (QED) is 0.301. The van der Waals surface area contributed by atoms with Crippen molar-refractivity contribution in [2.75, 3.05) is 35.0 Å². The molecule has 0 aliphatic heterocycles. The highest BCUT2D eigenvalue weighted by molar-refractivity contribution is 5.97. The molecule has 0 amide bonds. The van der Waals surface area contributed by atoms with Crippen LogP contribution in [-0.2, 0) is 0 Å². The van der Waals surface area contributed by atoms with Crippen LogP contribution in [0.25, 0.3) is 22.8 Å². The highest BCUT2D eigenvalue weighted by atomic mass is 16.5. The number of Topliss-reactive ketones (excluding diaryl/α,β-unsaturated/α-hetero) is 1. The van der Waals surface area contributed by atoms with Gasteiger partial charge in [0.05, 0.1) is 28.4 Å². The standard InChI is InChI=1S/C26H24N2O7/c1-30-19-7-5-6-16(12-19)20(29)15-34-22-11-8-17(13-24(22)33-4)25-27-26(35-28-25)18-9-10-21(31-2)23(14-18)32-3/h5-14H,15H2,1-4H3. The van der Waals surface area contributed by atoms with Crippen LogP contribution in [0.15, 0.2) is 65.2 Å². The lowest BCUT2D eigenvalue weighted by molar-refractivity contribution is 0.0919. The highest BCUT2D eigenvalue weighted by Crippen LogP contribution is 2.34. The maximum absolute atomic E-state index is 12.5. The van der Waals surface area contributed by atoms with E-state index in [4.69, 9.17) is 28.2 Å². The Morgan fingerprint density at radius 2 is 1.46 bits per heavy atom. The van der Waals surface area contributed by atoms with Gasteiger partial charge in [-0.15, -0.1) is 0 Å². The fourth-order valence-corrected chi connectivity index (χ4v) is 3.38. The maximum Gasteiger partial charge on any atom is 0.258 e. The third-order valence-electron chi connectivity index (χ3n) is 5.23. The Labute approximate surface area is 202 Å². The van der Waals surface area contributed by atoms with Crippen molar-refractivity contribution in [2.45, 2.75) is 0 Å². The van der Waals surface area contributed by atoms with Crippen LogP contribution in [0.4, 0.5) is 0 Å². The Morgan fingerprint density at radius 3 is 2.20 bits per heavy atom. The molecule has 35 heavy (non-hydrogen) atoms. The minimum Gasteiger partial charge on any atom is -0.497 e. The van der Waals surface area contributed by atoms with Crippen molar-refractivity contribution in [2.24, 2.45) is 0 Å². The fourth-order valence-electron chi connectivity index (χ4n) is 3.38. The number of hydrogen-bond acceptors (Lipinski definition) is 9. The molecular weight excluding hydrogens is 452 g/mol. The predicted molar refractivity (Wildman–Crippen MR) is 128 cm³/mol. The summed E-state index contributed by atoms with van der Waals surface area (Å²) in [5, 5.41) is 4.08. The number of hydrogen-bond donors (Lipinski definition) is 0. The van der Waals surface area contributed by atoms with Gasteiger partial charge in [0.25, 0.3) is 5.89 Å². The van der Waals surface area contributed by atoms with Gasteiger partial charge in [-0.3, -0.25) is 4.79 Å². The Morgan fingerprint density at radius 1 is 0.771 bits per heavy atom. The zero-order valence-electron chi connectivity index (χ0n) is 19.7. The van der Waals surface area contributed by atoms with Gasteiger partial charge in [0, 0.05) is 16.7 Å². The summed E-state index contributed by atoms with van der Waals surface area (Å²) in [4.78, 5) is 17.0. The Hall–Kier alpha value is -4.53. The molecule has 0 aliphatic rings. The van der Waals surface area contributed by atoms with Crippen molar-refractivity contribution in [3.63, 3.8) is 0 Å². The molecule has 4 rings (SSSR count). The highest BCUT2D eigenvalue weighted by Gasteiger charge is 2.16. The zero-order chi connectivity index (χ0) is 24.8. The molecular formula is C26H24N2O7. The molecule has 0 saturated heterocycles. The van der Waals surface area contributed by atoms with Crippen LogP contribution in [0.5, 0.6) is 28.7 Å². The van der Waals surface area contributed by atoms with Crippen molar-refractivity contribution in [1.82, 2.24) is 10.1 Å². The van der Waals surface area contributed by atoms with E-state index in [-0.39, 0.29) is 12.4 Å². The second kappa shape index (κ2) is 10.6. The predicted octanol–water partition coefficient (Wildman–Crippen LogP) is 4.70. The number of methoxy groups -OCH3 is 4. The van der Waals surface area contributed by atoms with Crippen molar-refractivity contribution >= 4 is 5.78 Å². The molecule has 0 saturated carbocycles. The number of ether oxygens (including phenoxy) is 5. The molecule has 0 atom stereocenters. The second-order valence-electron chi connectivity index (χ2n) is 7.30. The van der Waals surface area contributed by atoms with Crippen LogP contribution in [-0.4, -0.2) is 51.0 Å². The average Bonchev–Trinajstić information content (AvgIpc) is 3.41. The molecule has 9 nitrogen and oxygen atoms in total. The average molecular weight is 476 g/mol. The molecule has 0 spiro atoms. The van der Waals surface area contributed by atoms with E-state index in [1.807, 2.05) is 0 Å². The van der Waals surface area contributed by atoms with Gasteiger partial charge in [-0.05, 0) is 48.5 Å². The van der Waals surface area contributed by atoms with E-state index in [1.165, 1.54) is 7.11 Å². The van der Waals surface area contributed by atoms with Gasteiger partial charge in [-0.25, -0.2) is 0 Å². The molecule has 180 valence electrons. The number of carbonyl (C=O) groups excluding carboxylic acids is 1. The number of carbonyl (C=O) groups is 1. The van der Waals surface area contributed by atoms with Crippen LogP contribution in [0.2, 0.25) is 0 Å². The minimum absolute atomic E-state index is 0.158. The summed E-state index contributed by atoms with van der Waals surface area (Å²) in [6.07, 6.45) is 0. The smallest absolute Gasteiger partial charge is 0.258 e. The summed E-state index contributed by atoms with van der Waals surface area (Å²) in [6, 6.07) is 17.4. The second-order valence-corrected chi connectivity index (χ2v) is 7.30. The van der Waals surface area contributed by atoms with Crippen LogP contribution in [0, 0.1) is 0 Å². The van der Waals surface area contributed by atoms with Crippen LogP contribution in [0.3, 0.4) is 0 Å². The molecule has 0 aliphatic carbocycles. The van der Waals surface area contributed by atoms with E-state index >= 15 is 0 Å². The van der Waals surface area contributed by atoms with Crippen molar-refractivity contribution in [3.8, 4) is 51.6 Å². The Bertz CT molecular complexity index is 1330. The van der Waals surface area contributed by atoms with Gasteiger partial charge < -0.3 is 28.2 Å². The molecule has 4 aromatic rings. The minimum atomic E-state index is -0.187. The van der Waals surface area contributed by atoms with Crippen LogP contribution >= 0.6 is 0 Å². The monoisotopic (exact) mass is 476 g/mol. The normalized spacial score (nSPS) is 10.5.